The zero-order valence-electron chi connectivity index (χ0n) is 10.4. The molecule has 0 saturated carbocycles. The van der Waals surface area contributed by atoms with Gasteiger partial charge in [0.05, 0.1) is 5.69 Å². The van der Waals surface area contributed by atoms with Gasteiger partial charge in [-0.25, -0.2) is 8.78 Å². The molecular formula is C14H10BrF2NO2. The van der Waals surface area contributed by atoms with Crippen LogP contribution in [0.25, 0.3) is 0 Å². The Labute approximate surface area is 122 Å². The van der Waals surface area contributed by atoms with Crippen LogP contribution < -0.4 is 5.32 Å². The van der Waals surface area contributed by atoms with Gasteiger partial charge in [-0.15, -0.1) is 0 Å². The third-order valence-electron chi connectivity index (χ3n) is 2.72. The summed E-state index contributed by atoms with van der Waals surface area (Å²) in [4.78, 5) is 12.0. The van der Waals surface area contributed by atoms with Crippen LogP contribution in [-0.4, -0.2) is 11.0 Å². The number of phenolic OH excluding ortho intramolecular Hbond substituents is 1. The van der Waals surface area contributed by atoms with Crippen LogP contribution in [0, 0.1) is 18.6 Å². The van der Waals surface area contributed by atoms with Gasteiger partial charge in [-0.05, 0) is 46.6 Å². The maximum absolute atomic E-state index is 13.6. The predicted molar refractivity (Wildman–Crippen MR) is 74.9 cm³/mol. The van der Waals surface area contributed by atoms with Crippen molar-refractivity contribution in [3.63, 3.8) is 0 Å². The van der Waals surface area contributed by atoms with Gasteiger partial charge in [-0.3, -0.25) is 4.79 Å². The molecule has 104 valence electrons. The highest BCUT2D eigenvalue weighted by atomic mass is 79.9. The van der Waals surface area contributed by atoms with Crippen molar-refractivity contribution in [1.82, 2.24) is 0 Å². The molecular weight excluding hydrogens is 332 g/mol. The normalized spacial score (nSPS) is 10.4. The summed E-state index contributed by atoms with van der Waals surface area (Å²) in [5, 5.41) is 11.9. The second-order valence-corrected chi connectivity index (χ2v) is 5.05. The van der Waals surface area contributed by atoms with E-state index < -0.39 is 17.5 Å². The summed E-state index contributed by atoms with van der Waals surface area (Å²) < 4.78 is 26.6. The van der Waals surface area contributed by atoms with E-state index in [0.29, 0.717) is 11.6 Å². The summed E-state index contributed by atoms with van der Waals surface area (Å²) in [6.07, 6.45) is 0. The molecule has 0 aliphatic carbocycles. The standard InChI is InChI=1S/C14H10BrF2NO2/c1-7-2-3-8(4-12(7)19)14(20)18-13-10(15)5-9(16)6-11(13)17/h2-6,19H,1H3,(H,18,20). The first-order valence-electron chi connectivity index (χ1n) is 5.64. The second-order valence-electron chi connectivity index (χ2n) is 4.20. The molecule has 2 rings (SSSR count). The monoisotopic (exact) mass is 341 g/mol. The molecule has 0 bridgehead atoms. The minimum Gasteiger partial charge on any atom is -0.508 e. The molecule has 2 aromatic rings. The van der Waals surface area contributed by atoms with Crippen molar-refractivity contribution in [3.8, 4) is 5.75 Å². The summed E-state index contributed by atoms with van der Waals surface area (Å²) in [5.74, 6) is -2.27. The van der Waals surface area contributed by atoms with Gasteiger partial charge >= 0.3 is 0 Å². The van der Waals surface area contributed by atoms with Crippen molar-refractivity contribution in [1.29, 1.82) is 0 Å². The van der Waals surface area contributed by atoms with E-state index in [0.717, 1.165) is 6.07 Å². The average Bonchev–Trinajstić information content (AvgIpc) is 2.36. The molecule has 0 fully saturated rings. The van der Waals surface area contributed by atoms with Crippen LogP contribution in [0.5, 0.6) is 5.75 Å². The molecule has 0 unspecified atom stereocenters. The topological polar surface area (TPSA) is 49.3 Å². The van der Waals surface area contributed by atoms with Gasteiger partial charge in [0.2, 0.25) is 0 Å². The number of hydrogen-bond acceptors (Lipinski definition) is 2. The van der Waals surface area contributed by atoms with E-state index in [4.69, 9.17) is 0 Å². The van der Waals surface area contributed by atoms with Crippen LogP contribution in [0.4, 0.5) is 14.5 Å². The summed E-state index contributed by atoms with van der Waals surface area (Å²) >= 11 is 2.98. The average molecular weight is 342 g/mol. The molecule has 0 aromatic heterocycles. The third kappa shape index (κ3) is 2.96. The van der Waals surface area contributed by atoms with Crippen LogP contribution >= 0.6 is 15.9 Å². The zero-order valence-corrected chi connectivity index (χ0v) is 12.0. The zero-order chi connectivity index (χ0) is 14.9. The summed E-state index contributed by atoms with van der Waals surface area (Å²) in [6, 6.07) is 6.07. The number of rotatable bonds is 2. The maximum atomic E-state index is 13.6. The fraction of sp³-hybridized carbons (Fsp3) is 0.0714. The summed E-state index contributed by atoms with van der Waals surface area (Å²) in [5.41, 5.74) is 0.635. The van der Waals surface area contributed by atoms with E-state index in [9.17, 15) is 18.7 Å². The van der Waals surface area contributed by atoms with E-state index in [2.05, 4.69) is 21.2 Å². The van der Waals surface area contributed by atoms with Crippen molar-refractivity contribution >= 4 is 27.5 Å². The van der Waals surface area contributed by atoms with Crippen molar-refractivity contribution in [2.45, 2.75) is 6.92 Å². The molecule has 2 N–H and O–H groups in total. The number of benzene rings is 2. The Morgan fingerprint density at radius 1 is 1.25 bits per heavy atom. The van der Waals surface area contributed by atoms with E-state index in [1.807, 2.05) is 0 Å². The van der Waals surface area contributed by atoms with Gasteiger partial charge in [0.1, 0.15) is 11.6 Å². The highest BCUT2D eigenvalue weighted by Gasteiger charge is 2.14. The highest BCUT2D eigenvalue weighted by molar-refractivity contribution is 9.10. The number of phenols is 1. The molecule has 0 aliphatic heterocycles. The first-order valence-corrected chi connectivity index (χ1v) is 6.43. The molecule has 0 saturated heterocycles. The molecule has 0 spiro atoms. The number of hydrogen-bond donors (Lipinski definition) is 2. The number of carbonyl (C=O) groups is 1. The Hall–Kier alpha value is -1.95. The SMILES string of the molecule is Cc1ccc(C(=O)Nc2c(F)cc(F)cc2Br)cc1O. The van der Waals surface area contributed by atoms with Gasteiger partial charge < -0.3 is 10.4 Å². The number of nitrogens with one attached hydrogen (secondary N) is 1. The Balaban J connectivity index is 2.30. The quantitative estimate of drug-likeness (QED) is 0.867. The summed E-state index contributed by atoms with van der Waals surface area (Å²) in [6.45, 7) is 1.69. The molecule has 1 amide bonds. The Morgan fingerprint density at radius 3 is 2.55 bits per heavy atom. The Bertz CT molecular complexity index is 666. The molecule has 0 heterocycles. The van der Waals surface area contributed by atoms with Crippen molar-refractivity contribution in [2.24, 2.45) is 0 Å². The van der Waals surface area contributed by atoms with Gasteiger partial charge in [-0.1, -0.05) is 6.07 Å². The van der Waals surface area contributed by atoms with Gasteiger partial charge in [0.15, 0.2) is 5.82 Å². The van der Waals surface area contributed by atoms with Crippen molar-refractivity contribution in [2.75, 3.05) is 5.32 Å². The lowest BCUT2D eigenvalue weighted by atomic mass is 10.1. The minimum absolute atomic E-state index is 0.0312. The summed E-state index contributed by atoms with van der Waals surface area (Å²) in [7, 11) is 0. The van der Waals surface area contributed by atoms with Crippen LogP contribution in [0.2, 0.25) is 0 Å². The predicted octanol–water partition coefficient (Wildman–Crippen LogP) is 3.99. The van der Waals surface area contributed by atoms with Crippen molar-refractivity contribution in [3.05, 3.63) is 57.6 Å². The fourth-order valence-electron chi connectivity index (χ4n) is 1.60. The smallest absolute Gasteiger partial charge is 0.255 e. The molecule has 0 atom stereocenters. The lowest BCUT2D eigenvalue weighted by Gasteiger charge is -2.09. The van der Waals surface area contributed by atoms with Crippen LogP contribution in [0.1, 0.15) is 15.9 Å². The van der Waals surface area contributed by atoms with Crippen LogP contribution in [0.3, 0.4) is 0 Å². The largest absolute Gasteiger partial charge is 0.508 e. The van der Waals surface area contributed by atoms with Crippen molar-refractivity contribution < 1.29 is 18.7 Å². The minimum atomic E-state index is -0.887. The molecule has 20 heavy (non-hydrogen) atoms. The van der Waals surface area contributed by atoms with E-state index in [-0.39, 0.29) is 21.5 Å². The molecule has 0 radical (unpaired) electrons. The lowest BCUT2D eigenvalue weighted by molar-refractivity contribution is 0.102. The van der Waals surface area contributed by atoms with E-state index in [1.165, 1.54) is 12.1 Å². The number of halogens is 3. The first kappa shape index (κ1) is 14.5. The number of aromatic hydroxyl groups is 1. The van der Waals surface area contributed by atoms with Gasteiger partial charge in [0, 0.05) is 16.1 Å². The Kier molecular flexibility index (Phi) is 4.04. The van der Waals surface area contributed by atoms with Gasteiger partial charge in [0.25, 0.3) is 5.91 Å². The second kappa shape index (κ2) is 5.58. The Morgan fingerprint density at radius 2 is 1.95 bits per heavy atom. The molecule has 6 heteroatoms. The van der Waals surface area contributed by atoms with Gasteiger partial charge in [-0.2, -0.15) is 0 Å². The lowest BCUT2D eigenvalue weighted by Crippen LogP contribution is -2.13. The third-order valence-corrected chi connectivity index (χ3v) is 3.34. The van der Waals surface area contributed by atoms with E-state index in [1.54, 1.807) is 13.0 Å². The molecule has 0 aliphatic rings. The number of aryl methyl sites for hydroxylation is 1. The number of carbonyl (C=O) groups excluding carboxylic acids is 1. The first-order chi connectivity index (χ1) is 9.38. The van der Waals surface area contributed by atoms with E-state index >= 15 is 0 Å². The number of amides is 1. The molecule has 2 aromatic carbocycles. The van der Waals surface area contributed by atoms with Crippen LogP contribution in [-0.2, 0) is 0 Å². The fourth-order valence-corrected chi connectivity index (χ4v) is 2.11. The highest BCUT2D eigenvalue weighted by Crippen LogP contribution is 2.27. The molecule has 3 nitrogen and oxygen atoms in total. The number of anilines is 1. The maximum Gasteiger partial charge on any atom is 0.255 e. The van der Waals surface area contributed by atoms with Crippen LogP contribution in [0.15, 0.2) is 34.8 Å².